The van der Waals surface area contributed by atoms with Crippen molar-refractivity contribution < 1.29 is 53.4 Å². The van der Waals surface area contributed by atoms with Crippen LogP contribution < -0.4 is 5.73 Å². The maximum atomic E-state index is 13.6. The van der Waals surface area contributed by atoms with E-state index in [0.29, 0.717) is 37.7 Å². The highest BCUT2D eigenvalue weighted by atomic mass is 16.7. The Morgan fingerprint density at radius 1 is 1.09 bits per heavy atom. The summed E-state index contributed by atoms with van der Waals surface area (Å²) >= 11 is 0. The number of aliphatic hydroxyl groups excluding tert-OH is 2. The number of carbonyl (C=O) groups excluding carboxylic acids is 3. The molecule has 12 nitrogen and oxygen atoms in total. The molecule has 0 radical (unpaired) electrons. The van der Waals surface area contributed by atoms with Crippen LogP contribution in [0.3, 0.4) is 0 Å². The molecular formula is C41H65NO11. The van der Waals surface area contributed by atoms with Crippen LogP contribution >= 0.6 is 0 Å². The first-order valence-corrected chi connectivity index (χ1v) is 19.3. The van der Waals surface area contributed by atoms with Gasteiger partial charge in [0.15, 0.2) is 17.9 Å². The highest BCUT2D eigenvalue weighted by Gasteiger charge is 2.41. The molecule has 3 heterocycles. The molecule has 0 aliphatic carbocycles. The molecule has 1 amide bonds. The van der Waals surface area contributed by atoms with Gasteiger partial charge in [-0.2, -0.15) is 0 Å². The Balaban J connectivity index is 1.94. The van der Waals surface area contributed by atoms with Crippen molar-refractivity contribution in [3.05, 3.63) is 47.1 Å². The Kier molecular flexibility index (Phi) is 16.9. The van der Waals surface area contributed by atoms with E-state index in [4.69, 9.17) is 29.4 Å². The second-order valence-corrected chi connectivity index (χ2v) is 15.7. The molecule has 12 heteroatoms. The number of aliphatic hydroxyl groups is 3. The fourth-order valence-corrected chi connectivity index (χ4v) is 7.71. The third kappa shape index (κ3) is 13.1. The van der Waals surface area contributed by atoms with Gasteiger partial charge in [0.1, 0.15) is 24.4 Å². The molecule has 0 aromatic carbocycles. The minimum atomic E-state index is -1.76. The summed E-state index contributed by atoms with van der Waals surface area (Å²) in [6.07, 6.45) is 5.49. The maximum Gasteiger partial charge on any atom is 0.404 e. The molecule has 3 aliphatic heterocycles. The number of hydrogen-bond donors (Lipinski definition) is 4. The third-order valence-corrected chi connectivity index (χ3v) is 10.8. The zero-order chi connectivity index (χ0) is 39.6. The van der Waals surface area contributed by atoms with Crippen LogP contribution in [0.4, 0.5) is 4.79 Å². The molecular weight excluding hydrogens is 682 g/mol. The molecule has 3 rings (SSSR count). The van der Waals surface area contributed by atoms with E-state index >= 15 is 0 Å². The minimum Gasteiger partial charge on any atom is -0.462 e. The summed E-state index contributed by atoms with van der Waals surface area (Å²) in [5, 5.41) is 33.8. The van der Waals surface area contributed by atoms with Crippen molar-refractivity contribution in [1.82, 2.24) is 0 Å². The Hall–Kier alpha value is -2.87. The lowest BCUT2D eigenvalue weighted by atomic mass is 9.80. The molecule has 53 heavy (non-hydrogen) atoms. The first kappa shape index (κ1) is 44.5. The van der Waals surface area contributed by atoms with Gasteiger partial charge < -0.3 is 44.7 Å². The van der Waals surface area contributed by atoms with Gasteiger partial charge in [0, 0.05) is 31.1 Å². The standard InChI is InChI=1S/C41H65NO11/c1-10-32(43)27(6)19-23(2)20-28(7)39-29(8)36(45)24(3)15-16-31(50-35-21-33(51-40(42)47)37(46)30(9)49-35)14-12-11-13-25(4)38-26(5)17-18-41(48,53-38)22-34(44)52-39/h13,15-17,19,23-24,28-31,33,35-39,45-46,48H,10-12,14,18,20-22H2,1-9H3,(H2,42,47)/b16-15+,25-13+,27-19+/t23-,24+,28-,29+,30-,31+,33-,35+,36+,37+,38+,39+,41+/m0/s1. The van der Waals surface area contributed by atoms with Crippen molar-refractivity contribution in [2.75, 3.05) is 0 Å². The van der Waals surface area contributed by atoms with Crippen LogP contribution in [-0.2, 0) is 33.3 Å². The summed E-state index contributed by atoms with van der Waals surface area (Å²) in [6, 6.07) is 0. The topological polar surface area (TPSA) is 184 Å². The number of nitrogens with two attached hydrogens (primary N) is 1. The third-order valence-electron chi connectivity index (χ3n) is 10.8. The molecule has 0 unspecified atom stereocenters. The minimum absolute atomic E-state index is 0.000108. The van der Waals surface area contributed by atoms with Gasteiger partial charge in [-0.3, -0.25) is 9.59 Å². The highest BCUT2D eigenvalue weighted by Crippen LogP contribution is 2.35. The summed E-state index contributed by atoms with van der Waals surface area (Å²) in [5.74, 6) is -3.42. The number of carbonyl (C=O) groups is 3. The van der Waals surface area contributed by atoms with Gasteiger partial charge in [0.2, 0.25) is 0 Å². The highest BCUT2D eigenvalue weighted by molar-refractivity contribution is 5.94. The average molecular weight is 748 g/mol. The van der Waals surface area contributed by atoms with E-state index in [0.717, 1.165) is 11.1 Å². The van der Waals surface area contributed by atoms with Crippen molar-refractivity contribution in [3.8, 4) is 0 Å². The largest absolute Gasteiger partial charge is 0.462 e. The van der Waals surface area contributed by atoms with Crippen LogP contribution in [-0.4, -0.2) is 88.0 Å². The van der Waals surface area contributed by atoms with E-state index in [2.05, 4.69) is 6.08 Å². The molecule has 2 bridgehead atoms. The molecule has 0 aromatic rings. The number of amides is 1. The molecule has 300 valence electrons. The average Bonchev–Trinajstić information content (AvgIpc) is 3.08. The molecule has 0 spiro atoms. The van der Waals surface area contributed by atoms with E-state index in [1.807, 2.05) is 79.7 Å². The quantitative estimate of drug-likeness (QED) is 0.124. The van der Waals surface area contributed by atoms with Crippen LogP contribution in [0.25, 0.3) is 0 Å². The normalized spacial score (nSPS) is 38.1. The SMILES string of the molecule is CCC(=O)/C(C)=C/[C@H](C)C[C@H](C)[C@H]1OC(=O)C[C@@]2(O)CC=C(C)[C@H](O2)/C(C)=C/CCC[C@@H](O[C@@H]2C[C@H](OC(N)=O)[C@H](O)[C@H](C)O2)/C=C/[C@@H](C)[C@@H](O)[C@H]1C. The smallest absolute Gasteiger partial charge is 0.404 e. The molecule has 1 fully saturated rings. The lowest BCUT2D eigenvalue weighted by Crippen LogP contribution is -2.50. The number of ether oxygens (including phenoxy) is 5. The number of Topliss-reactive ketones (excluding diaryl/α,β-unsaturated/α-hetero) is 1. The van der Waals surface area contributed by atoms with Crippen molar-refractivity contribution in [2.45, 2.75) is 168 Å². The number of primary amides is 1. The Morgan fingerprint density at radius 3 is 2.43 bits per heavy atom. The zero-order valence-electron chi connectivity index (χ0n) is 33.2. The van der Waals surface area contributed by atoms with Gasteiger partial charge in [-0.05, 0) is 81.9 Å². The van der Waals surface area contributed by atoms with Crippen molar-refractivity contribution in [2.24, 2.45) is 29.4 Å². The van der Waals surface area contributed by atoms with Crippen LogP contribution in [0.2, 0.25) is 0 Å². The van der Waals surface area contributed by atoms with Gasteiger partial charge in [0.05, 0.1) is 24.7 Å². The number of fused-ring (bicyclic) bond motifs is 2. The fraction of sp³-hybridized carbons (Fsp3) is 0.732. The Morgan fingerprint density at radius 2 is 1.77 bits per heavy atom. The molecule has 0 aromatic heterocycles. The Labute approximate surface area is 315 Å². The second kappa shape index (κ2) is 20.2. The summed E-state index contributed by atoms with van der Waals surface area (Å²) in [4.78, 5) is 37.4. The monoisotopic (exact) mass is 747 g/mol. The van der Waals surface area contributed by atoms with Crippen molar-refractivity contribution in [1.29, 1.82) is 0 Å². The number of esters is 1. The number of hydrogen-bond acceptors (Lipinski definition) is 11. The van der Waals surface area contributed by atoms with E-state index in [1.54, 1.807) is 6.92 Å². The van der Waals surface area contributed by atoms with Crippen molar-refractivity contribution >= 4 is 17.8 Å². The molecule has 0 saturated carbocycles. The molecule has 13 atom stereocenters. The van der Waals surface area contributed by atoms with Gasteiger partial charge in [0.25, 0.3) is 0 Å². The van der Waals surface area contributed by atoms with E-state index < -0.39 is 72.8 Å². The molecule has 1 saturated heterocycles. The zero-order valence-corrected chi connectivity index (χ0v) is 33.2. The lowest BCUT2D eigenvalue weighted by molar-refractivity contribution is -0.254. The van der Waals surface area contributed by atoms with Gasteiger partial charge >= 0.3 is 12.1 Å². The van der Waals surface area contributed by atoms with E-state index in [9.17, 15) is 29.7 Å². The summed E-state index contributed by atoms with van der Waals surface area (Å²) in [6.45, 7) is 16.9. The molecule has 3 aliphatic rings. The van der Waals surface area contributed by atoms with Gasteiger partial charge in [-0.15, -0.1) is 0 Å². The predicted octanol–water partition coefficient (Wildman–Crippen LogP) is 5.96. The maximum absolute atomic E-state index is 13.6. The molecule has 5 N–H and O–H groups in total. The predicted molar refractivity (Wildman–Crippen MR) is 200 cm³/mol. The number of ketones is 1. The summed E-state index contributed by atoms with van der Waals surface area (Å²) in [5.41, 5.74) is 7.78. The lowest BCUT2D eigenvalue weighted by Gasteiger charge is -2.38. The van der Waals surface area contributed by atoms with Crippen LogP contribution in [0.15, 0.2) is 47.1 Å². The summed E-state index contributed by atoms with van der Waals surface area (Å²) in [7, 11) is 0. The first-order valence-electron chi connectivity index (χ1n) is 19.3. The summed E-state index contributed by atoms with van der Waals surface area (Å²) < 4.78 is 29.8. The first-order chi connectivity index (χ1) is 24.8. The van der Waals surface area contributed by atoms with E-state index in [1.165, 1.54) is 0 Å². The number of allylic oxidation sites excluding steroid dienone is 3. The number of cyclic esters (lactones) is 1. The van der Waals surface area contributed by atoms with Crippen LogP contribution in [0, 0.1) is 23.7 Å². The number of rotatable bonds is 9. The van der Waals surface area contributed by atoms with Gasteiger partial charge in [-0.1, -0.05) is 65.0 Å². The fourth-order valence-electron chi connectivity index (χ4n) is 7.71. The van der Waals surface area contributed by atoms with Crippen LogP contribution in [0.5, 0.6) is 0 Å². The second-order valence-electron chi connectivity index (χ2n) is 15.7. The van der Waals surface area contributed by atoms with Gasteiger partial charge in [-0.25, -0.2) is 4.79 Å². The Bertz CT molecular complexity index is 1370. The van der Waals surface area contributed by atoms with Crippen LogP contribution in [0.1, 0.15) is 114 Å². The van der Waals surface area contributed by atoms with Crippen molar-refractivity contribution in [3.63, 3.8) is 0 Å². The van der Waals surface area contributed by atoms with E-state index in [-0.39, 0.29) is 42.8 Å².